The van der Waals surface area contributed by atoms with Gasteiger partial charge in [0.2, 0.25) is 0 Å². The maximum atomic E-state index is 13.8. The average molecular weight is 553 g/mol. The van der Waals surface area contributed by atoms with Crippen LogP contribution in [0.4, 0.5) is 0 Å². The van der Waals surface area contributed by atoms with E-state index < -0.39 is 0 Å². The van der Waals surface area contributed by atoms with Crippen molar-refractivity contribution in [3.8, 4) is 22.5 Å². The van der Waals surface area contributed by atoms with Crippen LogP contribution in [0.2, 0.25) is 0 Å². The van der Waals surface area contributed by atoms with E-state index in [2.05, 4.69) is 65.7 Å². The largest absolute Gasteiger partial charge is 0.332 e. The van der Waals surface area contributed by atoms with Crippen molar-refractivity contribution in [3.63, 3.8) is 0 Å². The van der Waals surface area contributed by atoms with Gasteiger partial charge in [-0.2, -0.15) is 0 Å². The lowest BCUT2D eigenvalue weighted by molar-refractivity contribution is 0.394. The fourth-order valence-corrected chi connectivity index (χ4v) is 5.45. The predicted octanol–water partition coefficient (Wildman–Crippen LogP) is 4.66. The number of tetrazole rings is 1. The minimum absolute atomic E-state index is 0.0493. The Hall–Kier alpha value is -4.34. The molecule has 0 bridgehead atoms. The normalized spacial score (nSPS) is 13.8. The highest BCUT2D eigenvalue weighted by atomic mass is 16.2. The third-order valence-electron chi connectivity index (χ3n) is 7.60. The molecule has 0 saturated heterocycles. The maximum absolute atomic E-state index is 13.8. The van der Waals surface area contributed by atoms with Crippen molar-refractivity contribution in [1.29, 1.82) is 0 Å². The molecule has 1 N–H and O–H groups in total. The third kappa shape index (κ3) is 5.38. The van der Waals surface area contributed by atoms with Gasteiger partial charge in [-0.05, 0) is 57.7 Å². The van der Waals surface area contributed by atoms with Crippen LogP contribution in [-0.4, -0.2) is 39.3 Å². The van der Waals surface area contributed by atoms with Gasteiger partial charge >= 0.3 is 5.69 Å². The number of hydrogen-bond donors (Lipinski definition) is 1. The fraction of sp³-hybridized carbons (Fsp3) is 0.419. The number of benzene rings is 2. The van der Waals surface area contributed by atoms with Crippen LogP contribution in [0.5, 0.6) is 0 Å². The van der Waals surface area contributed by atoms with Crippen LogP contribution in [0.1, 0.15) is 58.3 Å². The Bertz CT molecular complexity index is 1800. The molecule has 0 aliphatic heterocycles. The molecule has 6 rings (SSSR count). The Kier molecular flexibility index (Phi) is 6.93. The van der Waals surface area contributed by atoms with E-state index in [0.29, 0.717) is 55.4 Å². The Morgan fingerprint density at radius 1 is 0.951 bits per heavy atom. The minimum Gasteiger partial charge on any atom is -0.318 e. The fourth-order valence-electron chi connectivity index (χ4n) is 5.45. The van der Waals surface area contributed by atoms with E-state index in [0.717, 1.165) is 40.9 Å². The summed E-state index contributed by atoms with van der Waals surface area (Å²) in [5, 5.41) is 14.4. The molecule has 0 amide bonds. The average Bonchev–Trinajstić information content (AvgIpc) is 3.47. The zero-order chi connectivity index (χ0) is 28.7. The van der Waals surface area contributed by atoms with Crippen LogP contribution in [0.3, 0.4) is 0 Å². The molecule has 1 saturated carbocycles. The van der Waals surface area contributed by atoms with Crippen molar-refractivity contribution >= 4 is 11.2 Å². The van der Waals surface area contributed by atoms with Gasteiger partial charge < -0.3 is 4.57 Å². The summed E-state index contributed by atoms with van der Waals surface area (Å²) in [7, 11) is 0. The first kappa shape index (κ1) is 26.9. The van der Waals surface area contributed by atoms with Crippen LogP contribution >= 0.6 is 0 Å². The number of hydrogen-bond acceptors (Lipinski definition) is 6. The second-order valence-electron chi connectivity index (χ2n) is 12.3. The monoisotopic (exact) mass is 552 g/mol. The van der Waals surface area contributed by atoms with Gasteiger partial charge in [0.1, 0.15) is 5.82 Å². The Morgan fingerprint density at radius 3 is 2.32 bits per heavy atom. The Labute approximate surface area is 238 Å². The van der Waals surface area contributed by atoms with Gasteiger partial charge in [-0.25, -0.2) is 14.9 Å². The van der Waals surface area contributed by atoms with Crippen molar-refractivity contribution in [1.82, 2.24) is 39.3 Å². The van der Waals surface area contributed by atoms with Crippen LogP contribution in [-0.2, 0) is 26.1 Å². The molecule has 10 nitrogen and oxygen atoms in total. The zero-order valence-corrected chi connectivity index (χ0v) is 24.1. The van der Waals surface area contributed by atoms with Crippen molar-refractivity contribution in [2.75, 3.05) is 0 Å². The summed E-state index contributed by atoms with van der Waals surface area (Å²) < 4.78 is 5.20. The van der Waals surface area contributed by atoms with Crippen LogP contribution < -0.4 is 11.2 Å². The summed E-state index contributed by atoms with van der Waals surface area (Å²) in [6, 6.07) is 16.3. The van der Waals surface area contributed by atoms with Gasteiger partial charge in [-0.1, -0.05) is 76.2 Å². The molecule has 1 aliphatic rings. The van der Waals surface area contributed by atoms with E-state index in [9.17, 15) is 9.59 Å². The molecule has 1 fully saturated rings. The first-order valence-electron chi connectivity index (χ1n) is 14.4. The van der Waals surface area contributed by atoms with E-state index in [1.165, 1.54) is 4.57 Å². The maximum Gasteiger partial charge on any atom is 0.332 e. The van der Waals surface area contributed by atoms with Crippen molar-refractivity contribution in [2.24, 2.45) is 11.3 Å². The second-order valence-corrected chi connectivity index (χ2v) is 12.3. The standard InChI is InChI=1S/C31H36N8O2/c1-5-16-37-29(40)26-28(39(30(37)41)19-20-10-11-20)32-25(17-31(2,3)4)38(26)18-21-12-14-22(15-13-21)23-8-6-7-9-24(23)27-33-35-36-34-27/h6-9,12-15,20H,5,10-11,16-19H2,1-4H3,(H,33,34,35,36). The quantitative estimate of drug-likeness (QED) is 0.284. The molecular formula is C31H36N8O2. The zero-order valence-electron chi connectivity index (χ0n) is 24.1. The lowest BCUT2D eigenvalue weighted by Gasteiger charge is -2.19. The van der Waals surface area contributed by atoms with Crippen molar-refractivity contribution < 1.29 is 0 Å². The minimum atomic E-state index is -0.252. The third-order valence-corrected chi connectivity index (χ3v) is 7.60. The number of H-pyrrole nitrogens is 1. The molecule has 5 aromatic rings. The molecule has 0 atom stereocenters. The summed E-state index contributed by atoms with van der Waals surface area (Å²) in [6.45, 7) is 9.98. The summed E-state index contributed by atoms with van der Waals surface area (Å²) in [5.41, 5.74) is 4.51. The summed E-state index contributed by atoms with van der Waals surface area (Å²) in [6.07, 6.45) is 3.61. The van der Waals surface area contributed by atoms with Gasteiger partial charge in [0.15, 0.2) is 17.0 Å². The molecule has 0 radical (unpaired) electrons. The van der Waals surface area contributed by atoms with E-state index in [1.807, 2.05) is 35.8 Å². The lowest BCUT2D eigenvalue weighted by Crippen LogP contribution is -2.41. The van der Waals surface area contributed by atoms with Crippen molar-refractivity contribution in [3.05, 3.63) is 80.8 Å². The van der Waals surface area contributed by atoms with Gasteiger partial charge in [0, 0.05) is 31.6 Å². The molecule has 3 heterocycles. The lowest BCUT2D eigenvalue weighted by atomic mass is 9.92. The number of aromatic nitrogens is 8. The Balaban J connectivity index is 1.45. The number of fused-ring (bicyclic) bond motifs is 1. The van der Waals surface area contributed by atoms with E-state index in [4.69, 9.17) is 4.98 Å². The van der Waals surface area contributed by atoms with Crippen LogP contribution in [0.25, 0.3) is 33.7 Å². The molecular weight excluding hydrogens is 516 g/mol. The van der Waals surface area contributed by atoms with E-state index in [-0.39, 0.29) is 16.7 Å². The van der Waals surface area contributed by atoms with E-state index >= 15 is 0 Å². The SMILES string of the molecule is CCCn1c(=O)c2c(nc(CC(C)(C)C)n2Cc2ccc(-c3ccccc3-c3nnn[nH]3)cc2)n(CC2CC2)c1=O. The summed E-state index contributed by atoms with van der Waals surface area (Å²) in [5.74, 6) is 1.92. The first-order valence-corrected chi connectivity index (χ1v) is 14.4. The van der Waals surface area contributed by atoms with Gasteiger partial charge in [0.05, 0.1) is 0 Å². The molecule has 0 unspecified atom stereocenters. The number of aromatic amines is 1. The summed E-state index contributed by atoms with van der Waals surface area (Å²) in [4.78, 5) is 32.3. The highest BCUT2D eigenvalue weighted by Crippen LogP contribution is 2.32. The molecule has 212 valence electrons. The molecule has 2 aromatic carbocycles. The number of nitrogens with zero attached hydrogens (tertiary/aromatic N) is 7. The Morgan fingerprint density at radius 2 is 1.68 bits per heavy atom. The van der Waals surface area contributed by atoms with Gasteiger partial charge in [-0.15, -0.1) is 5.10 Å². The predicted molar refractivity (Wildman–Crippen MR) is 159 cm³/mol. The second kappa shape index (κ2) is 10.6. The molecule has 0 spiro atoms. The molecule has 41 heavy (non-hydrogen) atoms. The topological polar surface area (TPSA) is 116 Å². The van der Waals surface area contributed by atoms with Crippen LogP contribution in [0, 0.1) is 11.3 Å². The number of rotatable bonds is 9. The van der Waals surface area contributed by atoms with Gasteiger partial charge in [-0.3, -0.25) is 13.9 Å². The van der Waals surface area contributed by atoms with Gasteiger partial charge in [0.25, 0.3) is 5.56 Å². The van der Waals surface area contributed by atoms with Crippen LogP contribution in [0.15, 0.2) is 58.1 Å². The van der Waals surface area contributed by atoms with Crippen molar-refractivity contribution in [2.45, 2.75) is 73.0 Å². The molecule has 3 aromatic heterocycles. The highest BCUT2D eigenvalue weighted by molar-refractivity contribution is 5.80. The molecule has 10 heteroatoms. The smallest absolute Gasteiger partial charge is 0.318 e. The number of imidazole rings is 1. The van der Waals surface area contributed by atoms with E-state index in [1.54, 1.807) is 4.57 Å². The first-order chi connectivity index (χ1) is 19.7. The molecule has 1 aliphatic carbocycles. The highest BCUT2D eigenvalue weighted by Gasteiger charge is 2.28. The summed E-state index contributed by atoms with van der Waals surface area (Å²) >= 11 is 0. The number of nitrogens with one attached hydrogen (secondary N) is 1.